The van der Waals surface area contributed by atoms with Crippen molar-refractivity contribution >= 4 is 44.9 Å². The number of hydrogen-bond donors (Lipinski definition) is 2. The number of hydrogen-bond acceptors (Lipinski definition) is 5. The highest BCUT2D eigenvalue weighted by Gasteiger charge is 2.25. The average Bonchev–Trinajstić information content (AvgIpc) is 3.05. The van der Waals surface area contributed by atoms with Crippen LogP contribution in [0.4, 0.5) is 5.69 Å². The number of nitrogens with zero attached hydrogens (tertiary/aromatic N) is 2. The number of benzene rings is 1. The maximum atomic E-state index is 13.2. The van der Waals surface area contributed by atoms with E-state index in [0.717, 1.165) is 41.0 Å². The number of para-hydroxylation sites is 1. The molecule has 2 aromatic heterocycles. The van der Waals surface area contributed by atoms with Crippen LogP contribution < -0.4 is 15.8 Å². The number of anilines is 1. The summed E-state index contributed by atoms with van der Waals surface area (Å²) in [5, 5.41) is 4.34. The number of likely N-dealkylation sites (N-methyl/N-ethyl adjacent to an activating group) is 1. The summed E-state index contributed by atoms with van der Waals surface area (Å²) in [6.45, 7) is 6.44. The molecule has 4 rings (SSSR count). The summed E-state index contributed by atoms with van der Waals surface area (Å²) in [7, 11) is 2.18. The van der Waals surface area contributed by atoms with E-state index in [0.29, 0.717) is 11.7 Å². The molecule has 1 amide bonds. The Morgan fingerprint density at radius 3 is 2.93 bits per heavy atom. The number of thiophene rings is 1. The van der Waals surface area contributed by atoms with Crippen LogP contribution in [0, 0.1) is 6.92 Å². The quantitative estimate of drug-likeness (QED) is 0.481. The predicted octanol–water partition coefficient (Wildman–Crippen LogP) is 2.09. The van der Waals surface area contributed by atoms with E-state index in [2.05, 4.69) is 12.4 Å². The molecule has 0 fully saturated rings. The van der Waals surface area contributed by atoms with E-state index >= 15 is 0 Å². The van der Waals surface area contributed by atoms with Crippen molar-refractivity contribution < 1.29 is 9.69 Å². The largest absolute Gasteiger partial charge is 0.333 e. The van der Waals surface area contributed by atoms with Gasteiger partial charge in [-0.25, -0.2) is 4.98 Å². The van der Waals surface area contributed by atoms with Gasteiger partial charge >= 0.3 is 0 Å². The molecule has 0 radical (unpaired) electrons. The van der Waals surface area contributed by atoms with Crippen molar-refractivity contribution in [1.82, 2.24) is 9.55 Å². The molecule has 1 unspecified atom stereocenters. The van der Waals surface area contributed by atoms with Crippen LogP contribution in [0.25, 0.3) is 10.2 Å². The van der Waals surface area contributed by atoms with Crippen LogP contribution in [0.1, 0.15) is 22.9 Å². The van der Waals surface area contributed by atoms with Crippen LogP contribution >= 0.6 is 23.1 Å². The van der Waals surface area contributed by atoms with Crippen molar-refractivity contribution in [3.63, 3.8) is 0 Å². The van der Waals surface area contributed by atoms with Gasteiger partial charge in [0.05, 0.1) is 29.6 Å². The highest BCUT2D eigenvalue weighted by Crippen LogP contribution is 2.30. The number of fused-ring (bicyclic) bond motifs is 3. The lowest BCUT2D eigenvalue weighted by atomic mass is 10.1. The number of aryl methyl sites for hydroxylation is 1. The molecule has 6 nitrogen and oxygen atoms in total. The zero-order valence-electron chi connectivity index (χ0n) is 16.9. The van der Waals surface area contributed by atoms with Gasteiger partial charge in [0.15, 0.2) is 5.16 Å². The molecule has 0 spiro atoms. The predicted molar refractivity (Wildman–Crippen MR) is 119 cm³/mol. The number of rotatable bonds is 5. The lowest BCUT2D eigenvalue weighted by Crippen LogP contribution is -3.08. The van der Waals surface area contributed by atoms with E-state index in [1.807, 2.05) is 38.1 Å². The Balaban J connectivity index is 1.59. The van der Waals surface area contributed by atoms with Crippen molar-refractivity contribution in [3.8, 4) is 0 Å². The van der Waals surface area contributed by atoms with Gasteiger partial charge in [0.2, 0.25) is 5.91 Å². The van der Waals surface area contributed by atoms with E-state index in [4.69, 9.17) is 4.98 Å². The summed E-state index contributed by atoms with van der Waals surface area (Å²) in [4.78, 5) is 33.9. The van der Waals surface area contributed by atoms with Crippen LogP contribution in [-0.4, -0.2) is 34.8 Å². The molecule has 3 heterocycles. The number of thioether (sulfide) groups is 1. The SMILES string of the molecule is CCn1c(SCC(=O)Nc2ccccc2C)nc2sc3c(c2c1=O)CC[NH+](C)C3. The Morgan fingerprint density at radius 2 is 2.17 bits per heavy atom. The lowest BCUT2D eigenvalue weighted by Gasteiger charge is -2.19. The molecule has 0 saturated heterocycles. The Kier molecular flexibility index (Phi) is 5.76. The van der Waals surface area contributed by atoms with Crippen molar-refractivity contribution in [1.29, 1.82) is 0 Å². The Morgan fingerprint density at radius 1 is 1.38 bits per heavy atom. The highest BCUT2D eigenvalue weighted by atomic mass is 32.2. The molecule has 1 aromatic carbocycles. The van der Waals surface area contributed by atoms with Gasteiger partial charge in [-0.05, 0) is 31.0 Å². The second kappa shape index (κ2) is 8.30. The normalized spacial score (nSPS) is 16.0. The lowest BCUT2D eigenvalue weighted by molar-refractivity contribution is -0.895. The molecular formula is C21H25N4O2S2+. The molecule has 0 aliphatic carbocycles. The van der Waals surface area contributed by atoms with Crippen LogP contribution in [0.5, 0.6) is 0 Å². The van der Waals surface area contributed by atoms with Crippen molar-refractivity contribution in [2.75, 3.05) is 24.7 Å². The molecule has 8 heteroatoms. The molecule has 1 aliphatic rings. The van der Waals surface area contributed by atoms with Crippen LogP contribution in [0.2, 0.25) is 0 Å². The van der Waals surface area contributed by atoms with Crippen LogP contribution in [0.15, 0.2) is 34.2 Å². The van der Waals surface area contributed by atoms with Gasteiger partial charge in [-0.1, -0.05) is 30.0 Å². The summed E-state index contributed by atoms with van der Waals surface area (Å²) in [5.74, 6) is 0.113. The molecule has 2 N–H and O–H groups in total. The molecule has 0 bridgehead atoms. The summed E-state index contributed by atoms with van der Waals surface area (Å²) in [5.41, 5.74) is 3.04. The number of aromatic nitrogens is 2. The summed E-state index contributed by atoms with van der Waals surface area (Å²) >= 11 is 2.95. The first-order chi connectivity index (χ1) is 14.0. The van der Waals surface area contributed by atoms with E-state index in [1.54, 1.807) is 15.9 Å². The second-order valence-electron chi connectivity index (χ2n) is 7.41. The van der Waals surface area contributed by atoms with Gasteiger partial charge in [-0.15, -0.1) is 11.3 Å². The monoisotopic (exact) mass is 429 g/mol. The maximum Gasteiger partial charge on any atom is 0.263 e. The standard InChI is InChI=1S/C21H24N4O2S2/c1-4-25-20(27)18-14-9-10-24(3)11-16(14)29-19(18)23-21(25)28-12-17(26)22-15-8-6-5-7-13(15)2/h5-8H,4,9-12H2,1-3H3,(H,22,26)/p+1. The van der Waals surface area contributed by atoms with E-state index in [1.165, 1.54) is 27.1 Å². The van der Waals surface area contributed by atoms with Gasteiger partial charge in [0.25, 0.3) is 5.56 Å². The van der Waals surface area contributed by atoms with Crippen molar-refractivity contribution in [3.05, 3.63) is 50.6 Å². The zero-order valence-corrected chi connectivity index (χ0v) is 18.5. The second-order valence-corrected chi connectivity index (χ2v) is 9.44. The zero-order chi connectivity index (χ0) is 20.5. The molecule has 0 saturated carbocycles. The molecular weight excluding hydrogens is 404 g/mol. The number of carbonyl (C=O) groups is 1. The van der Waals surface area contributed by atoms with Gasteiger partial charge in [-0.2, -0.15) is 0 Å². The summed E-state index contributed by atoms with van der Waals surface area (Å²) < 4.78 is 1.70. The van der Waals surface area contributed by atoms with Crippen molar-refractivity contribution in [2.24, 2.45) is 0 Å². The van der Waals surface area contributed by atoms with Gasteiger partial charge in [0, 0.05) is 18.7 Å². The molecule has 1 aliphatic heterocycles. The number of quaternary nitrogens is 1. The number of carbonyl (C=O) groups excluding carboxylic acids is 1. The van der Waals surface area contributed by atoms with Gasteiger partial charge in [-0.3, -0.25) is 14.2 Å². The minimum atomic E-state index is -0.100. The molecule has 152 valence electrons. The van der Waals surface area contributed by atoms with Gasteiger partial charge < -0.3 is 10.2 Å². The first-order valence-corrected chi connectivity index (χ1v) is 11.6. The smallest absolute Gasteiger partial charge is 0.263 e. The Bertz CT molecular complexity index is 1140. The average molecular weight is 430 g/mol. The minimum absolute atomic E-state index is 0.0244. The number of nitrogens with one attached hydrogen (secondary N) is 2. The minimum Gasteiger partial charge on any atom is -0.333 e. The van der Waals surface area contributed by atoms with E-state index in [-0.39, 0.29) is 17.2 Å². The van der Waals surface area contributed by atoms with Crippen molar-refractivity contribution in [2.45, 2.75) is 38.5 Å². The first-order valence-electron chi connectivity index (χ1n) is 9.82. The van der Waals surface area contributed by atoms with E-state index < -0.39 is 0 Å². The Labute approximate surface area is 177 Å². The fraction of sp³-hybridized carbons (Fsp3) is 0.381. The molecule has 29 heavy (non-hydrogen) atoms. The first kappa shape index (κ1) is 20.1. The highest BCUT2D eigenvalue weighted by molar-refractivity contribution is 7.99. The fourth-order valence-corrected chi connectivity index (χ4v) is 5.93. The third-order valence-corrected chi connectivity index (χ3v) is 7.39. The summed E-state index contributed by atoms with van der Waals surface area (Å²) in [6.07, 6.45) is 0.924. The molecule has 3 aromatic rings. The summed E-state index contributed by atoms with van der Waals surface area (Å²) in [6, 6.07) is 7.69. The third-order valence-electron chi connectivity index (χ3n) is 5.29. The van der Waals surface area contributed by atoms with Gasteiger partial charge in [0.1, 0.15) is 11.4 Å². The Hall–Kier alpha value is -2.16. The van der Waals surface area contributed by atoms with Crippen LogP contribution in [0.3, 0.4) is 0 Å². The fourth-order valence-electron chi connectivity index (χ4n) is 3.69. The van der Waals surface area contributed by atoms with E-state index in [9.17, 15) is 9.59 Å². The topological polar surface area (TPSA) is 68.4 Å². The van der Waals surface area contributed by atoms with Crippen LogP contribution in [-0.2, 0) is 24.3 Å². The third kappa shape index (κ3) is 3.97. The number of amides is 1. The maximum absolute atomic E-state index is 13.2. The molecule has 1 atom stereocenters.